The molecule has 3 nitrogen and oxygen atoms in total. The van der Waals surface area contributed by atoms with E-state index in [0.29, 0.717) is 4.77 Å². The molecule has 0 unspecified atom stereocenters. The summed E-state index contributed by atoms with van der Waals surface area (Å²) < 4.78 is 0.426. The molecular weight excluding hydrogens is 328 g/mol. The molecule has 0 saturated heterocycles. The van der Waals surface area contributed by atoms with Crippen LogP contribution < -0.4 is 5.56 Å². The van der Waals surface area contributed by atoms with Crippen molar-refractivity contribution in [1.29, 1.82) is 0 Å². The second kappa shape index (κ2) is 15.1. The molecule has 0 aliphatic carbocycles. The van der Waals surface area contributed by atoms with Gasteiger partial charge in [-0.3, -0.25) is 9.78 Å². The molecule has 0 amide bonds. The summed E-state index contributed by atoms with van der Waals surface area (Å²) in [5.41, 5.74) is 0.845. The van der Waals surface area contributed by atoms with Crippen LogP contribution in [-0.2, 0) is 6.42 Å². The summed E-state index contributed by atoms with van der Waals surface area (Å²) in [7, 11) is 0. The van der Waals surface area contributed by atoms with Crippen molar-refractivity contribution in [2.45, 2.75) is 96.8 Å². The molecule has 0 spiro atoms. The zero-order valence-corrected chi connectivity index (χ0v) is 16.8. The molecule has 0 aromatic carbocycles. The lowest BCUT2D eigenvalue weighted by Crippen LogP contribution is -2.08. The molecule has 0 atom stereocenters. The van der Waals surface area contributed by atoms with E-state index in [1.54, 1.807) is 6.07 Å². The van der Waals surface area contributed by atoms with Gasteiger partial charge in [-0.25, -0.2) is 0 Å². The normalized spacial score (nSPS) is 11.4. The lowest BCUT2D eigenvalue weighted by atomic mass is 10.1. The highest BCUT2D eigenvalue weighted by Gasteiger charge is 1.96. The fraction of sp³-hybridized carbons (Fsp3) is 0.714. The maximum absolute atomic E-state index is 11.3. The Morgan fingerprint density at radius 3 is 2.00 bits per heavy atom. The highest BCUT2D eigenvalue weighted by atomic mass is 32.1. The Morgan fingerprint density at radius 1 is 0.840 bits per heavy atom. The standard InChI is InChI=1S/C21H36N2OS/c1-2-3-4-5-6-7-8-9-10-11-12-13-14-15-16-17-19-18-20(24)23-21(25)22-19/h9-10,18H,2-8,11-17H2,1H3,(H2,22,23,24,25)/b10-9+. The molecule has 1 heterocycles. The Bertz CT molecular complexity index is 545. The van der Waals surface area contributed by atoms with E-state index in [1.807, 2.05) is 0 Å². The highest BCUT2D eigenvalue weighted by Crippen LogP contribution is 2.10. The van der Waals surface area contributed by atoms with Gasteiger partial charge in [0.1, 0.15) is 0 Å². The highest BCUT2D eigenvalue weighted by molar-refractivity contribution is 7.71. The van der Waals surface area contributed by atoms with E-state index >= 15 is 0 Å². The Kier molecular flexibility index (Phi) is 13.2. The number of H-pyrrole nitrogens is 2. The number of unbranched alkanes of at least 4 members (excludes halogenated alkanes) is 11. The van der Waals surface area contributed by atoms with Gasteiger partial charge in [-0.05, 0) is 50.7 Å². The maximum Gasteiger partial charge on any atom is 0.251 e. The van der Waals surface area contributed by atoms with Gasteiger partial charge in [0.15, 0.2) is 4.77 Å². The molecule has 25 heavy (non-hydrogen) atoms. The largest absolute Gasteiger partial charge is 0.336 e. The number of aromatic nitrogens is 2. The Labute approximate surface area is 158 Å². The second-order valence-electron chi connectivity index (χ2n) is 6.95. The predicted molar refractivity (Wildman–Crippen MR) is 111 cm³/mol. The fourth-order valence-electron chi connectivity index (χ4n) is 3.04. The molecule has 1 aromatic heterocycles. The third-order valence-electron chi connectivity index (χ3n) is 4.52. The van der Waals surface area contributed by atoms with Crippen molar-refractivity contribution in [3.05, 3.63) is 39.0 Å². The summed E-state index contributed by atoms with van der Waals surface area (Å²) in [6.07, 6.45) is 22.6. The number of hydrogen-bond donors (Lipinski definition) is 2. The average molecular weight is 365 g/mol. The van der Waals surface area contributed by atoms with Crippen molar-refractivity contribution in [1.82, 2.24) is 9.97 Å². The van der Waals surface area contributed by atoms with E-state index in [4.69, 9.17) is 12.2 Å². The van der Waals surface area contributed by atoms with E-state index in [-0.39, 0.29) is 5.56 Å². The second-order valence-corrected chi connectivity index (χ2v) is 7.36. The molecular formula is C21H36N2OS. The summed E-state index contributed by atoms with van der Waals surface area (Å²) in [4.78, 5) is 16.9. The van der Waals surface area contributed by atoms with Crippen molar-refractivity contribution in [3.63, 3.8) is 0 Å². The van der Waals surface area contributed by atoms with Crippen LogP contribution in [-0.4, -0.2) is 9.97 Å². The van der Waals surface area contributed by atoms with Crippen LogP contribution in [0.2, 0.25) is 0 Å². The monoisotopic (exact) mass is 364 g/mol. The molecule has 0 aliphatic heterocycles. The molecule has 1 aromatic rings. The van der Waals surface area contributed by atoms with Gasteiger partial charge in [-0.1, -0.05) is 70.4 Å². The van der Waals surface area contributed by atoms with Crippen LogP contribution in [0.25, 0.3) is 0 Å². The summed E-state index contributed by atoms with van der Waals surface area (Å²) in [6.45, 7) is 2.27. The van der Waals surface area contributed by atoms with E-state index in [2.05, 4.69) is 29.0 Å². The third kappa shape index (κ3) is 12.8. The van der Waals surface area contributed by atoms with Crippen molar-refractivity contribution in [3.8, 4) is 0 Å². The Morgan fingerprint density at radius 2 is 1.40 bits per heavy atom. The molecule has 0 bridgehead atoms. The summed E-state index contributed by atoms with van der Waals surface area (Å²) in [5, 5.41) is 0. The van der Waals surface area contributed by atoms with Crippen LogP contribution in [0.5, 0.6) is 0 Å². The average Bonchev–Trinajstić information content (AvgIpc) is 2.57. The topological polar surface area (TPSA) is 48.6 Å². The SMILES string of the molecule is CCCCCCCC/C=C/CCCCCCCc1cc(=O)[nH]c(=S)[nH]1. The van der Waals surface area contributed by atoms with Crippen LogP contribution in [0.3, 0.4) is 0 Å². The molecule has 0 aliphatic rings. The smallest absolute Gasteiger partial charge is 0.251 e. The van der Waals surface area contributed by atoms with Crippen LogP contribution >= 0.6 is 12.2 Å². The molecule has 1 rings (SSSR count). The molecule has 0 saturated carbocycles. The predicted octanol–water partition coefficient (Wildman–Crippen LogP) is 6.62. The first-order chi connectivity index (χ1) is 12.2. The van der Waals surface area contributed by atoms with Gasteiger partial charge < -0.3 is 4.98 Å². The summed E-state index contributed by atoms with van der Waals surface area (Å²) in [6, 6.07) is 1.62. The molecule has 0 radical (unpaired) electrons. The molecule has 4 heteroatoms. The molecule has 142 valence electrons. The number of nitrogens with one attached hydrogen (secondary N) is 2. The lowest BCUT2D eigenvalue weighted by Gasteiger charge is -2.02. The van der Waals surface area contributed by atoms with Gasteiger partial charge in [-0.2, -0.15) is 0 Å². The van der Waals surface area contributed by atoms with Gasteiger partial charge in [-0.15, -0.1) is 0 Å². The first-order valence-corrected chi connectivity index (χ1v) is 10.6. The maximum atomic E-state index is 11.3. The number of allylic oxidation sites excluding steroid dienone is 2. The van der Waals surface area contributed by atoms with Crippen LogP contribution in [0.1, 0.15) is 96.1 Å². The number of aryl methyl sites for hydroxylation is 1. The third-order valence-corrected chi connectivity index (χ3v) is 4.73. The molecule has 2 N–H and O–H groups in total. The number of hydrogen-bond acceptors (Lipinski definition) is 2. The number of aromatic amines is 2. The minimum atomic E-state index is -0.105. The van der Waals surface area contributed by atoms with Gasteiger partial charge in [0.05, 0.1) is 0 Å². The van der Waals surface area contributed by atoms with Crippen LogP contribution in [0, 0.1) is 4.77 Å². The number of rotatable bonds is 15. The minimum absolute atomic E-state index is 0.105. The van der Waals surface area contributed by atoms with Crippen LogP contribution in [0.15, 0.2) is 23.0 Å². The van der Waals surface area contributed by atoms with Gasteiger partial charge >= 0.3 is 0 Å². The van der Waals surface area contributed by atoms with Gasteiger partial charge in [0.2, 0.25) is 0 Å². The van der Waals surface area contributed by atoms with Crippen molar-refractivity contribution in [2.24, 2.45) is 0 Å². The summed E-state index contributed by atoms with van der Waals surface area (Å²) in [5.74, 6) is 0. The Balaban J connectivity index is 1.89. The quantitative estimate of drug-likeness (QED) is 0.209. The van der Waals surface area contributed by atoms with Crippen molar-refractivity contribution >= 4 is 12.2 Å². The zero-order chi connectivity index (χ0) is 18.2. The van der Waals surface area contributed by atoms with E-state index in [1.165, 1.54) is 77.0 Å². The Hall–Kier alpha value is -1.16. The zero-order valence-electron chi connectivity index (χ0n) is 15.9. The molecule has 0 fully saturated rings. The lowest BCUT2D eigenvalue weighted by molar-refractivity contribution is 0.607. The minimum Gasteiger partial charge on any atom is -0.336 e. The van der Waals surface area contributed by atoms with Gasteiger partial charge in [0.25, 0.3) is 5.56 Å². The van der Waals surface area contributed by atoms with Crippen molar-refractivity contribution < 1.29 is 0 Å². The van der Waals surface area contributed by atoms with E-state index < -0.39 is 0 Å². The van der Waals surface area contributed by atoms with E-state index in [9.17, 15) is 4.79 Å². The van der Waals surface area contributed by atoms with Crippen LogP contribution in [0.4, 0.5) is 0 Å². The first-order valence-electron chi connectivity index (χ1n) is 10.2. The van der Waals surface area contributed by atoms with Crippen molar-refractivity contribution in [2.75, 3.05) is 0 Å². The van der Waals surface area contributed by atoms with E-state index in [0.717, 1.165) is 18.5 Å². The summed E-state index contributed by atoms with van der Waals surface area (Å²) >= 11 is 4.98. The van der Waals surface area contributed by atoms with Gasteiger partial charge in [0, 0.05) is 11.8 Å². The fourth-order valence-corrected chi connectivity index (χ4v) is 3.27. The first kappa shape index (κ1) is 21.9.